The van der Waals surface area contributed by atoms with Gasteiger partial charge in [0.2, 0.25) is 0 Å². The number of aromatic amines is 1. The van der Waals surface area contributed by atoms with Gasteiger partial charge in [-0.15, -0.1) is 0 Å². The first-order chi connectivity index (χ1) is 7.11. The van der Waals surface area contributed by atoms with Crippen LogP contribution in [0.3, 0.4) is 0 Å². The van der Waals surface area contributed by atoms with Crippen molar-refractivity contribution >= 4 is 0 Å². The monoisotopic (exact) mass is 210 g/mol. The second-order valence-corrected chi connectivity index (χ2v) is 3.53. The highest BCUT2D eigenvalue weighted by atomic mass is 16.1. The van der Waals surface area contributed by atoms with Gasteiger partial charge in [-0.1, -0.05) is 19.9 Å². The van der Waals surface area contributed by atoms with Gasteiger partial charge in [-0.25, -0.2) is 0 Å². The lowest BCUT2D eigenvalue weighted by molar-refractivity contribution is 0.265. The molecule has 0 amide bonds. The number of nitrogens with zero attached hydrogens (tertiary/aromatic N) is 1. The molecular formula is C12H22N2O. The van der Waals surface area contributed by atoms with E-state index in [2.05, 4.69) is 23.7 Å². The van der Waals surface area contributed by atoms with Gasteiger partial charge >= 0.3 is 0 Å². The van der Waals surface area contributed by atoms with E-state index in [0.717, 1.165) is 5.56 Å². The number of hydrogen-bond acceptors (Lipinski definition) is 2. The summed E-state index contributed by atoms with van der Waals surface area (Å²) < 4.78 is 0. The molecule has 0 saturated heterocycles. The standard InChI is InChI=1S/C10H16N2O.C2H6/c1-8(2)12(3)7-9-5-4-6-11-10(9)13;1-2/h4-6,8H,7H2,1-3H3,(H,11,13);1-2H3. The van der Waals surface area contributed by atoms with E-state index in [1.165, 1.54) is 0 Å². The van der Waals surface area contributed by atoms with Crippen molar-refractivity contribution in [2.75, 3.05) is 7.05 Å². The van der Waals surface area contributed by atoms with Crippen LogP contribution in [0.1, 0.15) is 33.3 Å². The summed E-state index contributed by atoms with van der Waals surface area (Å²) in [7, 11) is 2.01. The van der Waals surface area contributed by atoms with Crippen molar-refractivity contribution in [2.24, 2.45) is 0 Å². The van der Waals surface area contributed by atoms with Crippen LogP contribution in [0.25, 0.3) is 0 Å². The highest BCUT2D eigenvalue weighted by molar-refractivity contribution is 5.08. The van der Waals surface area contributed by atoms with Crippen LogP contribution in [0, 0.1) is 0 Å². The second-order valence-electron chi connectivity index (χ2n) is 3.53. The molecule has 0 fully saturated rings. The molecule has 1 aromatic heterocycles. The number of pyridine rings is 1. The zero-order chi connectivity index (χ0) is 11.8. The molecule has 0 spiro atoms. The predicted molar refractivity (Wildman–Crippen MR) is 65.0 cm³/mol. The largest absolute Gasteiger partial charge is 0.329 e. The molecule has 0 aliphatic rings. The van der Waals surface area contributed by atoms with Crippen LogP contribution in [0.5, 0.6) is 0 Å². The molecule has 0 aliphatic heterocycles. The van der Waals surface area contributed by atoms with Gasteiger partial charge < -0.3 is 4.98 Å². The van der Waals surface area contributed by atoms with Crippen molar-refractivity contribution in [1.82, 2.24) is 9.88 Å². The second kappa shape index (κ2) is 7.23. The van der Waals surface area contributed by atoms with Crippen molar-refractivity contribution < 1.29 is 0 Å². The van der Waals surface area contributed by atoms with Crippen molar-refractivity contribution in [3.63, 3.8) is 0 Å². The van der Waals surface area contributed by atoms with E-state index in [-0.39, 0.29) is 5.56 Å². The van der Waals surface area contributed by atoms with E-state index >= 15 is 0 Å². The number of H-pyrrole nitrogens is 1. The highest BCUT2D eigenvalue weighted by Crippen LogP contribution is 2.00. The van der Waals surface area contributed by atoms with Crippen LogP contribution in [0.4, 0.5) is 0 Å². The van der Waals surface area contributed by atoms with Gasteiger partial charge in [0.25, 0.3) is 5.56 Å². The third-order valence-corrected chi connectivity index (χ3v) is 2.20. The van der Waals surface area contributed by atoms with Gasteiger partial charge in [-0.2, -0.15) is 0 Å². The average molecular weight is 210 g/mol. The van der Waals surface area contributed by atoms with Crippen molar-refractivity contribution in [2.45, 2.75) is 40.3 Å². The maximum Gasteiger partial charge on any atom is 0.252 e. The Kier molecular flexibility index (Phi) is 6.71. The molecule has 0 radical (unpaired) electrons. The van der Waals surface area contributed by atoms with Crippen molar-refractivity contribution in [3.05, 3.63) is 34.2 Å². The Labute approximate surface area is 92.1 Å². The Balaban J connectivity index is 0.000000921. The van der Waals surface area contributed by atoms with Crippen molar-refractivity contribution in [3.8, 4) is 0 Å². The highest BCUT2D eigenvalue weighted by Gasteiger charge is 2.05. The zero-order valence-electron chi connectivity index (χ0n) is 10.4. The SMILES string of the molecule is CC.CC(C)N(C)Cc1ccc[nH]c1=O. The lowest BCUT2D eigenvalue weighted by Gasteiger charge is -2.20. The fraction of sp³-hybridized carbons (Fsp3) is 0.583. The molecule has 1 heterocycles. The van der Waals surface area contributed by atoms with Gasteiger partial charge in [0.1, 0.15) is 0 Å². The Morgan fingerprint density at radius 2 is 2.00 bits per heavy atom. The molecule has 1 aromatic rings. The first-order valence-corrected chi connectivity index (χ1v) is 5.48. The summed E-state index contributed by atoms with van der Waals surface area (Å²) >= 11 is 0. The molecule has 0 aromatic carbocycles. The summed E-state index contributed by atoms with van der Waals surface area (Å²) in [6.45, 7) is 8.92. The summed E-state index contributed by atoms with van der Waals surface area (Å²) in [4.78, 5) is 16.1. The lowest BCUT2D eigenvalue weighted by atomic mass is 10.2. The molecule has 1 N–H and O–H groups in total. The number of rotatable bonds is 3. The van der Waals surface area contributed by atoms with Gasteiger partial charge in [0, 0.05) is 24.3 Å². The van der Waals surface area contributed by atoms with Crippen LogP contribution in [0.2, 0.25) is 0 Å². The number of nitrogens with one attached hydrogen (secondary N) is 1. The summed E-state index contributed by atoms with van der Waals surface area (Å²) in [5, 5.41) is 0. The molecule has 86 valence electrons. The molecule has 0 atom stereocenters. The van der Waals surface area contributed by atoms with E-state index in [9.17, 15) is 4.79 Å². The lowest BCUT2D eigenvalue weighted by Crippen LogP contribution is -2.28. The Hall–Kier alpha value is -1.09. The molecule has 0 bridgehead atoms. The topological polar surface area (TPSA) is 36.1 Å². The minimum absolute atomic E-state index is 0.00926. The fourth-order valence-electron chi connectivity index (χ4n) is 1.03. The Morgan fingerprint density at radius 3 is 2.47 bits per heavy atom. The molecule has 0 unspecified atom stereocenters. The molecule has 0 aliphatic carbocycles. The smallest absolute Gasteiger partial charge is 0.252 e. The van der Waals surface area contributed by atoms with Gasteiger partial charge in [-0.05, 0) is 27.0 Å². The molecule has 3 heteroatoms. The molecule has 15 heavy (non-hydrogen) atoms. The third-order valence-electron chi connectivity index (χ3n) is 2.20. The molecule has 3 nitrogen and oxygen atoms in total. The van der Waals surface area contributed by atoms with Gasteiger partial charge in [0.15, 0.2) is 0 Å². The molecular weight excluding hydrogens is 188 g/mol. The Bertz CT molecular complexity index is 317. The zero-order valence-corrected chi connectivity index (χ0v) is 10.4. The quantitative estimate of drug-likeness (QED) is 0.830. The summed E-state index contributed by atoms with van der Waals surface area (Å²) in [5.74, 6) is 0. The van der Waals surface area contributed by atoms with E-state index in [1.807, 2.05) is 33.0 Å². The van der Waals surface area contributed by atoms with Crippen LogP contribution in [-0.4, -0.2) is 23.0 Å². The molecule has 1 rings (SSSR count). The van der Waals surface area contributed by atoms with E-state index in [4.69, 9.17) is 0 Å². The summed E-state index contributed by atoms with van der Waals surface area (Å²) in [5.41, 5.74) is 0.828. The maximum absolute atomic E-state index is 11.3. The van der Waals surface area contributed by atoms with E-state index in [1.54, 1.807) is 6.20 Å². The first kappa shape index (κ1) is 13.9. The third kappa shape index (κ3) is 4.79. The number of aromatic nitrogens is 1. The van der Waals surface area contributed by atoms with Gasteiger partial charge in [-0.3, -0.25) is 9.69 Å². The molecule has 0 saturated carbocycles. The maximum atomic E-state index is 11.3. The minimum atomic E-state index is 0.00926. The summed E-state index contributed by atoms with van der Waals surface area (Å²) in [6, 6.07) is 4.17. The predicted octanol–water partition coefficient (Wildman–Crippen LogP) is 2.24. The summed E-state index contributed by atoms with van der Waals surface area (Å²) in [6.07, 6.45) is 1.65. The van der Waals surface area contributed by atoms with Gasteiger partial charge in [0.05, 0.1) is 0 Å². The normalized spacial score (nSPS) is 10.1. The van der Waals surface area contributed by atoms with E-state index in [0.29, 0.717) is 12.6 Å². The number of hydrogen-bond donors (Lipinski definition) is 1. The van der Waals surface area contributed by atoms with Crippen LogP contribution >= 0.6 is 0 Å². The Morgan fingerprint density at radius 1 is 1.40 bits per heavy atom. The fourth-order valence-corrected chi connectivity index (χ4v) is 1.03. The van der Waals surface area contributed by atoms with E-state index < -0.39 is 0 Å². The van der Waals surface area contributed by atoms with Crippen LogP contribution in [-0.2, 0) is 6.54 Å². The van der Waals surface area contributed by atoms with Crippen LogP contribution < -0.4 is 5.56 Å². The first-order valence-electron chi connectivity index (χ1n) is 5.48. The average Bonchev–Trinajstić information content (AvgIpc) is 2.24. The van der Waals surface area contributed by atoms with Crippen LogP contribution in [0.15, 0.2) is 23.1 Å². The minimum Gasteiger partial charge on any atom is -0.329 e. The van der Waals surface area contributed by atoms with Crippen molar-refractivity contribution in [1.29, 1.82) is 0 Å².